The van der Waals surface area contributed by atoms with Gasteiger partial charge in [0.15, 0.2) is 0 Å². The third-order valence-electron chi connectivity index (χ3n) is 3.28. The molecule has 3 aromatic rings. The zero-order chi connectivity index (χ0) is 13.9. The van der Waals surface area contributed by atoms with Crippen molar-refractivity contribution in [3.8, 4) is 0 Å². The van der Waals surface area contributed by atoms with Gasteiger partial charge in [0.25, 0.3) is 0 Å². The predicted octanol–water partition coefficient (Wildman–Crippen LogP) is 4.40. The van der Waals surface area contributed by atoms with Gasteiger partial charge in [-0.3, -0.25) is 9.78 Å². The van der Waals surface area contributed by atoms with E-state index in [1.165, 1.54) is 5.56 Å². The molecule has 0 amide bonds. The Hall–Kier alpha value is -2.00. The molecule has 0 aliphatic rings. The number of rotatable bonds is 3. The van der Waals surface area contributed by atoms with Crippen molar-refractivity contribution < 1.29 is 4.79 Å². The molecule has 1 aromatic heterocycles. The molecule has 3 rings (SSSR count). The summed E-state index contributed by atoms with van der Waals surface area (Å²) >= 11 is 3.48. The number of carbonyl (C=O) groups is 1. The second kappa shape index (κ2) is 5.55. The lowest BCUT2D eigenvalue weighted by atomic mass is 9.97. The molecule has 0 aliphatic heterocycles. The molecular formula is C17H12BrNO. The summed E-state index contributed by atoms with van der Waals surface area (Å²) in [6, 6.07) is 14.0. The second-order valence-electron chi connectivity index (χ2n) is 4.70. The minimum Gasteiger partial charge on any atom is -0.298 e. The van der Waals surface area contributed by atoms with Crippen molar-refractivity contribution in [1.29, 1.82) is 0 Å². The molecule has 0 N–H and O–H groups in total. The maximum atomic E-state index is 11.1. The van der Waals surface area contributed by atoms with E-state index in [4.69, 9.17) is 0 Å². The molecule has 0 bridgehead atoms. The predicted molar refractivity (Wildman–Crippen MR) is 84.1 cm³/mol. The van der Waals surface area contributed by atoms with E-state index in [1.54, 1.807) is 6.20 Å². The Labute approximate surface area is 125 Å². The van der Waals surface area contributed by atoms with Crippen molar-refractivity contribution in [3.05, 3.63) is 76.0 Å². The average molecular weight is 326 g/mol. The van der Waals surface area contributed by atoms with Crippen LogP contribution < -0.4 is 0 Å². The summed E-state index contributed by atoms with van der Waals surface area (Å²) in [5.41, 5.74) is 3.03. The molecule has 0 fully saturated rings. The highest BCUT2D eigenvalue weighted by molar-refractivity contribution is 9.10. The number of hydrogen-bond acceptors (Lipinski definition) is 2. The number of aromatic nitrogens is 1. The van der Waals surface area contributed by atoms with E-state index in [2.05, 4.69) is 33.0 Å². The van der Waals surface area contributed by atoms with Crippen LogP contribution in [0.2, 0.25) is 0 Å². The zero-order valence-electron chi connectivity index (χ0n) is 10.7. The Bertz CT molecular complexity index is 783. The number of pyridine rings is 1. The van der Waals surface area contributed by atoms with Gasteiger partial charge in [0.05, 0.1) is 0 Å². The molecule has 0 aliphatic carbocycles. The standard InChI is InChI=1S/C17H12BrNO/c18-16-3-1-2-12(9-16)6-15-8-13(11-20)7-14-4-5-19-10-17(14)15/h1-5,7-11H,6H2. The summed E-state index contributed by atoms with van der Waals surface area (Å²) in [4.78, 5) is 15.3. The lowest BCUT2D eigenvalue weighted by Crippen LogP contribution is -1.93. The molecule has 0 atom stereocenters. The van der Waals surface area contributed by atoms with Crippen molar-refractivity contribution in [1.82, 2.24) is 4.98 Å². The van der Waals surface area contributed by atoms with Gasteiger partial charge >= 0.3 is 0 Å². The summed E-state index contributed by atoms with van der Waals surface area (Å²) in [7, 11) is 0. The van der Waals surface area contributed by atoms with Crippen molar-refractivity contribution in [2.24, 2.45) is 0 Å². The monoisotopic (exact) mass is 325 g/mol. The number of nitrogens with zero attached hydrogens (tertiary/aromatic N) is 1. The van der Waals surface area contributed by atoms with Gasteiger partial charge in [-0.1, -0.05) is 28.1 Å². The van der Waals surface area contributed by atoms with Crippen LogP contribution >= 0.6 is 15.9 Å². The van der Waals surface area contributed by atoms with Crippen molar-refractivity contribution in [3.63, 3.8) is 0 Å². The highest BCUT2D eigenvalue weighted by Gasteiger charge is 2.05. The normalized spacial score (nSPS) is 10.7. The first-order valence-electron chi connectivity index (χ1n) is 6.32. The Kier molecular flexibility index (Phi) is 3.61. The molecule has 3 heteroatoms. The first kappa shape index (κ1) is 13.0. The van der Waals surface area contributed by atoms with Crippen molar-refractivity contribution in [2.75, 3.05) is 0 Å². The fourth-order valence-electron chi connectivity index (χ4n) is 2.38. The Balaban J connectivity index is 2.12. The van der Waals surface area contributed by atoms with E-state index < -0.39 is 0 Å². The smallest absolute Gasteiger partial charge is 0.150 e. The van der Waals surface area contributed by atoms with Crippen molar-refractivity contribution >= 4 is 33.0 Å². The van der Waals surface area contributed by atoms with E-state index >= 15 is 0 Å². The van der Waals surface area contributed by atoms with Crippen LogP contribution in [0.25, 0.3) is 10.8 Å². The number of benzene rings is 2. The van der Waals surface area contributed by atoms with Crippen LogP contribution in [0.15, 0.2) is 59.3 Å². The number of halogens is 1. The third kappa shape index (κ3) is 2.63. The van der Waals surface area contributed by atoms with Gasteiger partial charge in [-0.15, -0.1) is 0 Å². The van der Waals surface area contributed by atoms with Gasteiger partial charge in [-0.05, 0) is 53.3 Å². The molecular weight excluding hydrogens is 314 g/mol. The highest BCUT2D eigenvalue weighted by atomic mass is 79.9. The van der Waals surface area contributed by atoms with Crippen LogP contribution in [0.3, 0.4) is 0 Å². The van der Waals surface area contributed by atoms with Crippen LogP contribution in [0.4, 0.5) is 0 Å². The van der Waals surface area contributed by atoms with E-state index in [1.807, 2.05) is 36.5 Å². The highest BCUT2D eigenvalue weighted by Crippen LogP contribution is 2.23. The summed E-state index contributed by atoms with van der Waals surface area (Å²) < 4.78 is 1.06. The third-order valence-corrected chi connectivity index (χ3v) is 3.78. The maximum absolute atomic E-state index is 11.1. The Morgan fingerprint density at radius 1 is 1.15 bits per heavy atom. The van der Waals surface area contributed by atoms with Crippen LogP contribution in [-0.2, 0) is 6.42 Å². The zero-order valence-corrected chi connectivity index (χ0v) is 12.3. The SMILES string of the molecule is O=Cc1cc(Cc2cccc(Br)c2)c2cnccc2c1. The summed E-state index contributed by atoms with van der Waals surface area (Å²) in [6.45, 7) is 0. The van der Waals surface area contributed by atoms with E-state index in [9.17, 15) is 4.79 Å². The maximum Gasteiger partial charge on any atom is 0.150 e. The molecule has 20 heavy (non-hydrogen) atoms. The summed E-state index contributed by atoms with van der Waals surface area (Å²) in [5, 5.41) is 2.15. The molecule has 98 valence electrons. The Morgan fingerprint density at radius 2 is 2.05 bits per heavy atom. The van der Waals surface area contributed by atoms with Crippen LogP contribution in [0.1, 0.15) is 21.5 Å². The second-order valence-corrected chi connectivity index (χ2v) is 5.62. The number of hydrogen-bond donors (Lipinski definition) is 0. The minimum absolute atomic E-state index is 0.702. The van der Waals surface area contributed by atoms with Crippen LogP contribution in [0.5, 0.6) is 0 Å². The van der Waals surface area contributed by atoms with Gasteiger partial charge in [-0.25, -0.2) is 0 Å². The summed E-state index contributed by atoms with van der Waals surface area (Å²) in [5.74, 6) is 0. The summed E-state index contributed by atoms with van der Waals surface area (Å²) in [6.07, 6.45) is 5.28. The number of aldehydes is 1. The van der Waals surface area contributed by atoms with E-state index in [0.717, 1.165) is 33.5 Å². The van der Waals surface area contributed by atoms with Gasteiger partial charge in [0.2, 0.25) is 0 Å². The lowest BCUT2D eigenvalue weighted by molar-refractivity contribution is 0.112. The van der Waals surface area contributed by atoms with Gasteiger partial charge < -0.3 is 0 Å². The first-order valence-corrected chi connectivity index (χ1v) is 7.12. The molecule has 0 saturated carbocycles. The van der Waals surface area contributed by atoms with Crippen molar-refractivity contribution in [2.45, 2.75) is 6.42 Å². The topological polar surface area (TPSA) is 30.0 Å². The fourth-order valence-corrected chi connectivity index (χ4v) is 2.83. The van der Waals surface area contributed by atoms with Gasteiger partial charge in [0.1, 0.15) is 6.29 Å². The lowest BCUT2D eigenvalue weighted by Gasteiger charge is -2.08. The molecule has 0 radical (unpaired) electrons. The average Bonchev–Trinajstić information content (AvgIpc) is 2.47. The quantitative estimate of drug-likeness (QED) is 0.668. The first-order chi connectivity index (χ1) is 9.76. The fraction of sp³-hybridized carbons (Fsp3) is 0.0588. The number of fused-ring (bicyclic) bond motifs is 1. The molecule has 1 heterocycles. The van der Waals surface area contributed by atoms with Gasteiger partial charge in [0, 0.05) is 27.8 Å². The largest absolute Gasteiger partial charge is 0.298 e. The molecule has 2 aromatic carbocycles. The molecule has 2 nitrogen and oxygen atoms in total. The molecule has 0 unspecified atom stereocenters. The Morgan fingerprint density at radius 3 is 2.85 bits per heavy atom. The number of carbonyl (C=O) groups excluding carboxylic acids is 1. The minimum atomic E-state index is 0.702. The van der Waals surface area contributed by atoms with Gasteiger partial charge in [-0.2, -0.15) is 0 Å². The molecule has 0 spiro atoms. The molecule has 0 saturated heterocycles. The van der Waals surface area contributed by atoms with E-state index in [-0.39, 0.29) is 0 Å². The van der Waals surface area contributed by atoms with E-state index in [0.29, 0.717) is 5.56 Å². The van der Waals surface area contributed by atoms with Crippen LogP contribution in [-0.4, -0.2) is 11.3 Å². The van der Waals surface area contributed by atoms with Crippen LogP contribution in [0, 0.1) is 0 Å².